The first-order valence-corrected chi connectivity index (χ1v) is 9.19. The van der Waals surface area contributed by atoms with Crippen molar-refractivity contribution in [2.75, 3.05) is 17.3 Å². The molecule has 0 fully saturated rings. The molecular formula is C18H17N3O3S. The number of amides is 3. The monoisotopic (exact) mass is 355 g/mol. The zero-order chi connectivity index (χ0) is 17.8. The van der Waals surface area contributed by atoms with Crippen molar-refractivity contribution in [1.82, 2.24) is 9.88 Å². The second-order valence-corrected chi connectivity index (χ2v) is 6.54. The molecular weight excluding hydrogens is 338 g/mol. The third-order valence-corrected chi connectivity index (χ3v) is 4.61. The van der Waals surface area contributed by atoms with Crippen molar-refractivity contribution >= 4 is 35.2 Å². The summed E-state index contributed by atoms with van der Waals surface area (Å²) in [6, 6.07) is 9.19. The fourth-order valence-electron chi connectivity index (χ4n) is 2.76. The van der Waals surface area contributed by atoms with Crippen LogP contribution in [0.5, 0.6) is 0 Å². The Morgan fingerprint density at radius 1 is 1.16 bits per heavy atom. The number of imide groups is 1. The largest absolute Gasteiger partial charge is 0.323 e. The Hall–Kier alpha value is -2.67. The van der Waals surface area contributed by atoms with Gasteiger partial charge in [0, 0.05) is 6.20 Å². The number of benzene rings is 1. The first-order valence-electron chi connectivity index (χ1n) is 7.80. The topological polar surface area (TPSA) is 79.4 Å². The molecule has 3 amide bonds. The Labute approximate surface area is 149 Å². The lowest BCUT2D eigenvalue weighted by atomic mass is 10.1. The molecule has 0 unspecified atom stereocenters. The lowest BCUT2D eigenvalue weighted by Gasteiger charge is -2.25. The zero-order valence-electron chi connectivity index (χ0n) is 13.6. The van der Waals surface area contributed by atoms with Gasteiger partial charge in [-0.25, -0.2) is 0 Å². The fraction of sp³-hybridized carbons (Fsp3) is 0.222. The first kappa shape index (κ1) is 17.2. The number of thioether (sulfide) groups is 1. The van der Waals surface area contributed by atoms with Crippen molar-refractivity contribution in [1.29, 1.82) is 0 Å². The molecule has 0 saturated heterocycles. The van der Waals surface area contributed by atoms with Gasteiger partial charge in [-0.2, -0.15) is 11.8 Å². The van der Waals surface area contributed by atoms with E-state index >= 15 is 0 Å². The van der Waals surface area contributed by atoms with Gasteiger partial charge in [0.2, 0.25) is 5.91 Å². The summed E-state index contributed by atoms with van der Waals surface area (Å²) >= 11 is 1.56. The van der Waals surface area contributed by atoms with Gasteiger partial charge < -0.3 is 5.32 Å². The van der Waals surface area contributed by atoms with Gasteiger partial charge in [0.05, 0.1) is 23.0 Å². The van der Waals surface area contributed by atoms with Crippen LogP contribution in [0.4, 0.5) is 5.69 Å². The Kier molecular flexibility index (Phi) is 5.14. The number of nitrogens with zero attached hydrogens (tertiary/aromatic N) is 2. The van der Waals surface area contributed by atoms with Crippen LogP contribution in [0.3, 0.4) is 0 Å². The standard InChI is InChI=1S/C18H17N3O3S/c1-25-10-8-15(16(22)20-12-5-4-9-19-11-12)21-17(23)13-6-2-3-7-14(13)18(21)24/h2-7,9,11,15H,8,10H2,1H3,(H,20,22)/t15-/m0/s1. The second kappa shape index (κ2) is 7.48. The van der Waals surface area contributed by atoms with Crippen molar-refractivity contribution in [2.24, 2.45) is 0 Å². The SMILES string of the molecule is CSCC[C@@H](C(=O)Nc1cccnc1)N1C(=O)c2ccccc2C1=O. The van der Waals surface area contributed by atoms with Gasteiger partial charge in [0.1, 0.15) is 6.04 Å². The van der Waals surface area contributed by atoms with Crippen LogP contribution in [-0.4, -0.2) is 45.7 Å². The molecule has 2 heterocycles. The van der Waals surface area contributed by atoms with Crippen LogP contribution >= 0.6 is 11.8 Å². The molecule has 25 heavy (non-hydrogen) atoms. The van der Waals surface area contributed by atoms with Gasteiger partial charge in [-0.05, 0) is 42.7 Å². The second-order valence-electron chi connectivity index (χ2n) is 5.55. The fourth-order valence-corrected chi connectivity index (χ4v) is 3.22. The van der Waals surface area contributed by atoms with E-state index in [2.05, 4.69) is 10.3 Å². The summed E-state index contributed by atoms with van der Waals surface area (Å²) in [5.74, 6) is -0.587. The van der Waals surface area contributed by atoms with Crippen LogP contribution in [-0.2, 0) is 4.79 Å². The highest BCUT2D eigenvalue weighted by atomic mass is 32.2. The van der Waals surface area contributed by atoms with Crippen molar-refractivity contribution < 1.29 is 14.4 Å². The number of carbonyl (C=O) groups is 3. The number of anilines is 1. The van der Waals surface area contributed by atoms with Crippen LogP contribution < -0.4 is 5.32 Å². The minimum atomic E-state index is -0.861. The van der Waals surface area contributed by atoms with Crippen LogP contribution in [0.15, 0.2) is 48.8 Å². The van der Waals surface area contributed by atoms with Gasteiger partial charge >= 0.3 is 0 Å². The highest BCUT2D eigenvalue weighted by molar-refractivity contribution is 7.98. The van der Waals surface area contributed by atoms with Gasteiger partial charge in [-0.3, -0.25) is 24.3 Å². The minimum absolute atomic E-state index is 0.343. The average Bonchev–Trinajstić information content (AvgIpc) is 2.88. The minimum Gasteiger partial charge on any atom is -0.323 e. The van der Waals surface area contributed by atoms with E-state index < -0.39 is 23.8 Å². The summed E-state index contributed by atoms with van der Waals surface area (Å²) in [4.78, 5) is 43.1. The quantitative estimate of drug-likeness (QED) is 0.805. The molecule has 1 aromatic heterocycles. The van der Waals surface area contributed by atoms with Crippen molar-refractivity contribution in [2.45, 2.75) is 12.5 Å². The van der Waals surface area contributed by atoms with Crippen molar-refractivity contribution in [3.8, 4) is 0 Å². The van der Waals surface area contributed by atoms with Crippen LogP contribution in [0.2, 0.25) is 0 Å². The summed E-state index contributed by atoms with van der Waals surface area (Å²) in [7, 11) is 0. The number of hydrogen-bond donors (Lipinski definition) is 1. The molecule has 0 radical (unpaired) electrons. The molecule has 1 aliphatic rings. The van der Waals surface area contributed by atoms with Crippen molar-refractivity contribution in [3.05, 3.63) is 59.9 Å². The normalized spacial score (nSPS) is 14.4. The first-order chi connectivity index (χ1) is 12.1. The van der Waals surface area contributed by atoms with E-state index in [4.69, 9.17) is 0 Å². The van der Waals surface area contributed by atoms with E-state index in [1.54, 1.807) is 54.4 Å². The molecule has 3 rings (SSSR count). The highest BCUT2D eigenvalue weighted by Crippen LogP contribution is 2.26. The average molecular weight is 355 g/mol. The lowest BCUT2D eigenvalue weighted by Crippen LogP contribution is -2.47. The number of rotatable bonds is 6. The molecule has 1 aliphatic heterocycles. The molecule has 1 N–H and O–H groups in total. The molecule has 128 valence electrons. The Balaban J connectivity index is 1.87. The molecule has 1 atom stereocenters. The molecule has 0 aliphatic carbocycles. The molecule has 7 heteroatoms. The molecule has 2 aromatic rings. The van der Waals surface area contributed by atoms with Gasteiger partial charge in [-0.1, -0.05) is 12.1 Å². The third-order valence-electron chi connectivity index (χ3n) is 3.96. The molecule has 1 aromatic carbocycles. The van der Waals surface area contributed by atoms with Crippen molar-refractivity contribution in [3.63, 3.8) is 0 Å². The molecule has 0 spiro atoms. The Bertz CT molecular complexity index is 775. The van der Waals surface area contributed by atoms with E-state index in [-0.39, 0.29) is 0 Å². The number of nitrogens with one attached hydrogen (secondary N) is 1. The molecule has 6 nitrogen and oxygen atoms in total. The van der Waals surface area contributed by atoms with E-state index in [0.717, 1.165) is 4.90 Å². The predicted molar refractivity (Wildman–Crippen MR) is 96.6 cm³/mol. The van der Waals surface area contributed by atoms with Gasteiger partial charge in [0.15, 0.2) is 0 Å². The maximum atomic E-state index is 12.8. The summed E-state index contributed by atoms with van der Waals surface area (Å²) in [6.07, 6.45) is 5.42. The number of aromatic nitrogens is 1. The molecule has 0 bridgehead atoms. The van der Waals surface area contributed by atoms with E-state index in [0.29, 0.717) is 29.0 Å². The summed E-state index contributed by atoms with van der Waals surface area (Å²) < 4.78 is 0. The summed E-state index contributed by atoms with van der Waals surface area (Å²) in [5, 5.41) is 2.74. The van der Waals surface area contributed by atoms with Crippen LogP contribution in [0.1, 0.15) is 27.1 Å². The summed E-state index contributed by atoms with van der Waals surface area (Å²) in [6.45, 7) is 0. The van der Waals surface area contributed by atoms with Crippen LogP contribution in [0, 0.1) is 0 Å². The summed E-state index contributed by atoms with van der Waals surface area (Å²) in [5.41, 5.74) is 1.21. The number of pyridine rings is 1. The predicted octanol–water partition coefficient (Wildman–Crippen LogP) is 2.44. The van der Waals surface area contributed by atoms with Gasteiger partial charge in [-0.15, -0.1) is 0 Å². The number of carbonyl (C=O) groups excluding carboxylic acids is 3. The smallest absolute Gasteiger partial charge is 0.262 e. The lowest BCUT2D eigenvalue weighted by molar-refractivity contribution is -0.120. The number of fused-ring (bicyclic) bond motifs is 1. The Morgan fingerprint density at radius 2 is 1.84 bits per heavy atom. The van der Waals surface area contributed by atoms with E-state index in [1.165, 1.54) is 6.20 Å². The zero-order valence-corrected chi connectivity index (χ0v) is 14.5. The Morgan fingerprint density at radius 3 is 2.40 bits per heavy atom. The molecule has 0 saturated carbocycles. The highest BCUT2D eigenvalue weighted by Gasteiger charge is 2.42. The maximum Gasteiger partial charge on any atom is 0.262 e. The third kappa shape index (κ3) is 3.41. The van der Waals surface area contributed by atoms with E-state index in [1.807, 2.05) is 6.26 Å². The van der Waals surface area contributed by atoms with Gasteiger partial charge in [0.25, 0.3) is 11.8 Å². The maximum absolute atomic E-state index is 12.8. The number of hydrogen-bond acceptors (Lipinski definition) is 5. The van der Waals surface area contributed by atoms with Crippen LogP contribution in [0.25, 0.3) is 0 Å². The van der Waals surface area contributed by atoms with E-state index in [9.17, 15) is 14.4 Å².